The lowest BCUT2D eigenvalue weighted by Crippen LogP contribution is -2.47. The molecule has 0 bridgehead atoms. The monoisotopic (exact) mass is 526 g/mol. The predicted molar refractivity (Wildman–Crippen MR) is 144 cm³/mol. The van der Waals surface area contributed by atoms with Crippen molar-refractivity contribution < 1.29 is 23.9 Å². The van der Waals surface area contributed by atoms with Gasteiger partial charge in [0.15, 0.2) is 5.78 Å². The third-order valence-electron chi connectivity index (χ3n) is 8.85. The second-order valence-electron chi connectivity index (χ2n) is 11.2. The van der Waals surface area contributed by atoms with E-state index in [0.29, 0.717) is 24.3 Å². The van der Waals surface area contributed by atoms with E-state index in [1.807, 2.05) is 19.1 Å². The number of piperazine rings is 1. The van der Waals surface area contributed by atoms with Crippen LogP contribution in [0.4, 0.5) is 5.69 Å². The first-order valence-electron chi connectivity index (χ1n) is 14.4. The highest BCUT2D eigenvalue weighted by molar-refractivity contribution is 5.99. The highest BCUT2D eigenvalue weighted by Gasteiger charge is 2.54. The summed E-state index contributed by atoms with van der Waals surface area (Å²) in [7, 11) is 0. The van der Waals surface area contributed by atoms with Crippen LogP contribution in [-0.4, -0.2) is 98.1 Å². The molecule has 4 atom stereocenters. The Bertz CT molecular complexity index is 1030. The van der Waals surface area contributed by atoms with Gasteiger partial charge < -0.3 is 25.0 Å². The number of fused-ring (bicyclic) bond motifs is 1. The van der Waals surface area contributed by atoms with Crippen LogP contribution in [0.5, 0.6) is 0 Å². The summed E-state index contributed by atoms with van der Waals surface area (Å²) in [5, 5.41) is 0. The van der Waals surface area contributed by atoms with Crippen molar-refractivity contribution in [2.75, 3.05) is 57.4 Å². The van der Waals surface area contributed by atoms with E-state index in [9.17, 15) is 14.4 Å². The maximum absolute atomic E-state index is 14.4. The Balaban J connectivity index is 1.49. The Kier molecular flexibility index (Phi) is 8.35. The first-order valence-corrected chi connectivity index (χ1v) is 14.4. The Morgan fingerprint density at radius 1 is 1.13 bits per heavy atom. The van der Waals surface area contributed by atoms with Crippen LogP contribution >= 0.6 is 0 Å². The van der Waals surface area contributed by atoms with Gasteiger partial charge in [-0.05, 0) is 62.4 Å². The van der Waals surface area contributed by atoms with Crippen molar-refractivity contribution in [3.8, 4) is 0 Å². The first-order chi connectivity index (χ1) is 18.4. The van der Waals surface area contributed by atoms with Gasteiger partial charge in [0, 0.05) is 44.0 Å². The van der Waals surface area contributed by atoms with Gasteiger partial charge in [-0.25, -0.2) is 0 Å². The fraction of sp³-hybridized carbons (Fsp3) is 0.690. The van der Waals surface area contributed by atoms with E-state index in [4.69, 9.17) is 15.2 Å². The Hall–Kier alpha value is -2.49. The van der Waals surface area contributed by atoms with Crippen molar-refractivity contribution in [1.82, 2.24) is 9.80 Å². The van der Waals surface area contributed by atoms with Crippen LogP contribution < -0.4 is 10.6 Å². The number of nitrogens with zero attached hydrogens (tertiary/aromatic N) is 3. The smallest absolute Gasteiger partial charge is 0.249 e. The predicted octanol–water partition coefficient (Wildman–Crippen LogP) is 2.18. The molecule has 1 saturated carbocycles. The summed E-state index contributed by atoms with van der Waals surface area (Å²) in [5.41, 5.74) is 7.99. The Morgan fingerprint density at radius 2 is 1.87 bits per heavy atom. The molecule has 0 aromatic heterocycles. The van der Waals surface area contributed by atoms with Crippen molar-refractivity contribution in [2.45, 2.75) is 70.1 Å². The van der Waals surface area contributed by atoms with Gasteiger partial charge >= 0.3 is 0 Å². The van der Waals surface area contributed by atoms with E-state index in [1.54, 1.807) is 11.0 Å². The molecule has 1 aromatic carbocycles. The molecule has 0 radical (unpaired) electrons. The van der Waals surface area contributed by atoms with Crippen molar-refractivity contribution >= 4 is 23.3 Å². The van der Waals surface area contributed by atoms with Gasteiger partial charge in [-0.2, -0.15) is 0 Å². The molecule has 4 fully saturated rings. The number of nitrogens with two attached hydrogens (primary N) is 1. The normalized spacial score (nSPS) is 27.2. The zero-order chi connectivity index (χ0) is 26.8. The average molecular weight is 527 g/mol. The lowest BCUT2D eigenvalue weighted by atomic mass is 9.80. The molecular weight excluding hydrogens is 484 g/mol. The van der Waals surface area contributed by atoms with Crippen LogP contribution in [-0.2, 0) is 19.1 Å². The summed E-state index contributed by atoms with van der Waals surface area (Å²) in [4.78, 5) is 46.4. The Morgan fingerprint density at radius 3 is 2.53 bits per heavy atom. The number of benzene rings is 1. The number of hydrogen-bond donors (Lipinski definition) is 1. The lowest BCUT2D eigenvalue weighted by Gasteiger charge is -2.37. The molecule has 3 aliphatic heterocycles. The summed E-state index contributed by atoms with van der Waals surface area (Å²) in [6.07, 6.45) is 4.30. The van der Waals surface area contributed by atoms with E-state index in [-0.39, 0.29) is 30.3 Å². The van der Waals surface area contributed by atoms with Crippen LogP contribution in [0, 0.1) is 5.92 Å². The van der Waals surface area contributed by atoms with E-state index >= 15 is 0 Å². The fourth-order valence-electron chi connectivity index (χ4n) is 7.03. The van der Waals surface area contributed by atoms with Crippen LogP contribution in [0.3, 0.4) is 0 Å². The number of amides is 2. The number of anilines is 1. The molecule has 2 N–H and O–H groups in total. The zero-order valence-electron chi connectivity index (χ0n) is 22.8. The summed E-state index contributed by atoms with van der Waals surface area (Å²) < 4.78 is 11.7. The second kappa shape index (κ2) is 11.7. The number of ether oxygens (including phenoxy) is 2. The van der Waals surface area contributed by atoms with Crippen molar-refractivity contribution in [3.63, 3.8) is 0 Å². The van der Waals surface area contributed by atoms with Gasteiger partial charge in [0.05, 0.1) is 12.5 Å². The van der Waals surface area contributed by atoms with Crippen LogP contribution in [0.15, 0.2) is 18.2 Å². The molecule has 3 heterocycles. The molecule has 208 valence electrons. The largest absolute Gasteiger partial charge is 0.374 e. The highest BCUT2D eigenvalue weighted by Crippen LogP contribution is 2.43. The minimum atomic E-state index is -0.630. The van der Waals surface area contributed by atoms with Gasteiger partial charge in [0.25, 0.3) is 0 Å². The number of Topliss-reactive ketones (excluding diaryl/α,β-unsaturated/α-hetero) is 1. The zero-order valence-corrected chi connectivity index (χ0v) is 22.8. The maximum Gasteiger partial charge on any atom is 0.249 e. The van der Waals surface area contributed by atoms with Gasteiger partial charge in [0.2, 0.25) is 11.8 Å². The maximum atomic E-state index is 14.4. The van der Waals surface area contributed by atoms with Crippen LogP contribution in [0.2, 0.25) is 0 Å². The standard InChI is InChI=1S/C29H42N4O5/c1-3-11-31-12-14-32(15-13-31)20-9-10-21(28(30)35)22(16-20)25(19-7-5-6-8-19)29(36)33-17-24(37-4-2)27-26(33)23(34)18-38-27/h9-10,16,19,24-27H,3-8,11-15,17-18H2,1-2H3,(H2,30,35)/t24-,25-,26+,27+/m0/s1. The lowest BCUT2D eigenvalue weighted by molar-refractivity contribution is -0.139. The molecule has 2 amide bonds. The molecule has 0 unspecified atom stereocenters. The number of primary amides is 1. The summed E-state index contributed by atoms with van der Waals surface area (Å²) in [5.74, 6) is -1.15. The molecular formula is C29H42N4O5. The highest BCUT2D eigenvalue weighted by atomic mass is 16.6. The van der Waals surface area contributed by atoms with Gasteiger partial charge in [-0.15, -0.1) is 0 Å². The first kappa shape index (κ1) is 27.1. The van der Waals surface area contributed by atoms with Crippen LogP contribution in [0.1, 0.15) is 67.8 Å². The number of ketones is 1. The Labute approximate surface area is 225 Å². The summed E-state index contributed by atoms with van der Waals surface area (Å²) in [6, 6.07) is 5.15. The molecule has 1 aliphatic carbocycles. The number of rotatable bonds is 9. The third-order valence-corrected chi connectivity index (χ3v) is 8.85. The number of carbonyl (C=O) groups is 3. The summed E-state index contributed by atoms with van der Waals surface area (Å²) in [6.45, 7) is 9.79. The number of hydrogen-bond acceptors (Lipinski definition) is 7. The topological polar surface area (TPSA) is 105 Å². The van der Waals surface area contributed by atoms with Gasteiger partial charge in [0.1, 0.15) is 24.9 Å². The molecule has 1 aromatic rings. The van der Waals surface area contributed by atoms with Crippen molar-refractivity contribution in [1.29, 1.82) is 0 Å². The van der Waals surface area contributed by atoms with E-state index in [1.165, 1.54) is 0 Å². The van der Waals surface area contributed by atoms with Gasteiger partial charge in [-0.3, -0.25) is 19.3 Å². The SMILES string of the molecule is CCCN1CCN(c2ccc(C(N)=O)c([C@@H](C(=O)N3C[C@H](OCC)[C@H]4OCC(=O)[C@H]43)C3CCCC3)c2)CC1. The minimum absolute atomic E-state index is 0.00279. The molecule has 38 heavy (non-hydrogen) atoms. The third kappa shape index (κ3) is 5.20. The quantitative estimate of drug-likeness (QED) is 0.526. The fourth-order valence-corrected chi connectivity index (χ4v) is 7.03. The summed E-state index contributed by atoms with van der Waals surface area (Å²) >= 11 is 0. The molecule has 3 saturated heterocycles. The number of likely N-dealkylation sites (tertiary alicyclic amines) is 1. The van der Waals surface area contributed by atoms with E-state index < -0.39 is 24.0 Å². The van der Waals surface area contributed by atoms with E-state index in [2.05, 4.69) is 16.7 Å². The van der Waals surface area contributed by atoms with Gasteiger partial charge in [-0.1, -0.05) is 19.8 Å². The molecule has 5 rings (SSSR count). The van der Waals surface area contributed by atoms with Crippen molar-refractivity contribution in [2.24, 2.45) is 11.7 Å². The van der Waals surface area contributed by atoms with Crippen LogP contribution in [0.25, 0.3) is 0 Å². The second-order valence-corrected chi connectivity index (χ2v) is 11.2. The molecule has 0 spiro atoms. The van der Waals surface area contributed by atoms with Crippen molar-refractivity contribution in [3.05, 3.63) is 29.3 Å². The minimum Gasteiger partial charge on any atom is -0.374 e. The molecule has 9 nitrogen and oxygen atoms in total. The van der Waals surface area contributed by atoms with E-state index in [0.717, 1.165) is 70.5 Å². The number of carbonyl (C=O) groups excluding carboxylic acids is 3. The molecule has 4 aliphatic rings. The molecule has 9 heteroatoms. The average Bonchev–Trinajstić information content (AvgIpc) is 3.65.